The average Bonchev–Trinajstić information content (AvgIpc) is 2.41. The van der Waals surface area contributed by atoms with Gasteiger partial charge in [-0.1, -0.05) is 30.3 Å². The van der Waals surface area contributed by atoms with Crippen molar-refractivity contribution in [2.45, 2.75) is 24.9 Å². The van der Waals surface area contributed by atoms with Gasteiger partial charge in [-0.05, 0) is 5.56 Å². The Balaban J connectivity index is 1.88. The van der Waals surface area contributed by atoms with Gasteiger partial charge in [-0.25, -0.2) is 0 Å². The minimum atomic E-state index is -0.384. The molecule has 3 rings (SSSR count). The van der Waals surface area contributed by atoms with Crippen LogP contribution in [0.3, 0.4) is 0 Å². The molecule has 0 aliphatic carbocycles. The van der Waals surface area contributed by atoms with E-state index in [0.717, 1.165) is 5.56 Å². The number of benzene rings is 1. The first kappa shape index (κ1) is 11.4. The third kappa shape index (κ3) is 1.93. The number of ketones is 1. The molecule has 2 heterocycles. The number of hydrogen-bond acceptors (Lipinski definition) is 4. The maximum Gasteiger partial charge on any atom is 0.323 e. The van der Waals surface area contributed by atoms with Crippen molar-refractivity contribution in [2.24, 2.45) is 0 Å². The Hall–Kier alpha value is -1.68. The van der Waals surface area contributed by atoms with Crippen molar-refractivity contribution in [1.29, 1.82) is 0 Å². The molecule has 0 radical (unpaired) electrons. The van der Waals surface area contributed by atoms with E-state index in [2.05, 4.69) is 4.90 Å². The molecular formula is C14H15NO3. The van der Waals surface area contributed by atoms with Gasteiger partial charge in [0.05, 0.1) is 6.04 Å². The van der Waals surface area contributed by atoms with E-state index in [1.54, 1.807) is 0 Å². The van der Waals surface area contributed by atoms with Gasteiger partial charge in [-0.3, -0.25) is 14.5 Å². The predicted molar refractivity (Wildman–Crippen MR) is 64.9 cm³/mol. The summed E-state index contributed by atoms with van der Waals surface area (Å²) in [6.07, 6.45) is 0.829. The van der Waals surface area contributed by atoms with Gasteiger partial charge in [-0.15, -0.1) is 0 Å². The molecule has 2 atom stereocenters. The Morgan fingerprint density at radius 2 is 1.89 bits per heavy atom. The number of carbonyl (C=O) groups is 2. The van der Waals surface area contributed by atoms with Crippen LogP contribution in [-0.4, -0.2) is 35.8 Å². The van der Waals surface area contributed by atoms with Gasteiger partial charge in [0.2, 0.25) is 0 Å². The Morgan fingerprint density at radius 1 is 1.11 bits per heavy atom. The first-order chi connectivity index (χ1) is 8.75. The molecular weight excluding hydrogens is 230 g/mol. The standard InChI is InChI=1S/C14H15NO3/c16-11-6-7-15-12(8-11)14(17)18-9-13(15)10-4-2-1-3-5-10/h1-5,12-13H,6-9H2/t12-,13-/m0/s1. The monoisotopic (exact) mass is 245 g/mol. The molecule has 0 amide bonds. The normalized spacial score (nSPS) is 28.7. The zero-order valence-corrected chi connectivity index (χ0v) is 10.0. The molecule has 4 nitrogen and oxygen atoms in total. The van der Waals surface area contributed by atoms with Gasteiger partial charge in [0.1, 0.15) is 18.4 Å². The molecule has 0 bridgehead atoms. The van der Waals surface area contributed by atoms with Crippen LogP contribution in [-0.2, 0) is 14.3 Å². The highest BCUT2D eigenvalue weighted by Gasteiger charge is 2.42. The van der Waals surface area contributed by atoms with Gasteiger partial charge in [0, 0.05) is 19.4 Å². The summed E-state index contributed by atoms with van der Waals surface area (Å²) in [7, 11) is 0. The predicted octanol–water partition coefficient (Wildman–Crippen LogP) is 1.32. The molecule has 94 valence electrons. The van der Waals surface area contributed by atoms with Crippen LogP contribution in [0.25, 0.3) is 0 Å². The quantitative estimate of drug-likeness (QED) is 0.700. The number of ether oxygens (including phenoxy) is 1. The fraction of sp³-hybridized carbons (Fsp3) is 0.429. The molecule has 18 heavy (non-hydrogen) atoms. The fourth-order valence-corrected chi connectivity index (χ4v) is 2.75. The minimum Gasteiger partial charge on any atom is -0.462 e. The number of rotatable bonds is 1. The van der Waals surface area contributed by atoms with Gasteiger partial charge in [0.15, 0.2) is 0 Å². The van der Waals surface area contributed by atoms with Crippen LogP contribution in [0, 0.1) is 0 Å². The fourth-order valence-electron chi connectivity index (χ4n) is 2.75. The summed E-state index contributed by atoms with van der Waals surface area (Å²) in [6, 6.07) is 9.71. The smallest absolute Gasteiger partial charge is 0.323 e. The Bertz CT molecular complexity index is 471. The number of cyclic esters (lactones) is 1. The lowest BCUT2D eigenvalue weighted by Crippen LogP contribution is -2.54. The molecule has 2 aliphatic heterocycles. The minimum absolute atomic E-state index is 0.0852. The molecule has 1 aromatic rings. The first-order valence-corrected chi connectivity index (χ1v) is 6.25. The van der Waals surface area contributed by atoms with Gasteiger partial charge in [-0.2, -0.15) is 0 Å². The summed E-state index contributed by atoms with van der Waals surface area (Å²) in [5, 5.41) is 0. The topological polar surface area (TPSA) is 46.6 Å². The van der Waals surface area contributed by atoms with Gasteiger partial charge < -0.3 is 4.74 Å². The molecule has 0 aromatic heterocycles. The summed E-state index contributed by atoms with van der Waals surface area (Å²) in [5.41, 5.74) is 1.14. The molecule has 1 aromatic carbocycles. The second kappa shape index (κ2) is 4.53. The van der Waals surface area contributed by atoms with E-state index >= 15 is 0 Å². The van der Waals surface area contributed by atoms with Crippen molar-refractivity contribution in [2.75, 3.05) is 13.2 Å². The maximum absolute atomic E-state index is 11.7. The number of nitrogens with zero attached hydrogens (tertiary/aromatic N) is 1. The molecule has 2 aliphatic rings. The summed E-state index contributed by atoms with van der Waals surface area (Å²) in [5.74, 6) is -0.0999. The number of morpholine rings is 1. The maximum atomic E-state index is 11.7. The molecule has 2 saturated heterocycles. The lowest BCUT2D eigenvalue weighted by Gasteiger charge is -2.42. The highest BCUT2D eigenvalue weighted by Crippen LogP contribution is 2.31. The van der Waals surface area contributed by atoms with E-state index in [1.807, 2.05) is 30.3 Å². The van der Waals surface area contributed by atoms with Crippen LogP contribution < -0.4 is 0 Å². The number of esters is 1. The van der Waals surface area contributed by atoms with E-state index in [9.17, 15) is 9.59 Å². The molecule has 4 heteroatoms. The number of carbonyl (C=O) groups excluding carboxylic acids is 2. The lowest BCUT2D eigenvalue weighted by molar-refractivity contribution is -0.167. The highest BCUT2D eigenvalue weighted by molar-refractivity contribution is 5.88. The third-order valence-corrected chi connectivity index (χ3v) is 3.71. The van der Waals surface area contributed by atoms with Crippen LogP contribution >= 0.6 is 0 Å². The van der Waals surface area contributed by atoms with Crippen LogP contribution in [0.4, 0.5) is 0 Å². The van der Waals surface area contributed by atoms with Crippen molar-refractivity contribution >= 4 is 11.8 Å². The largest absolute Gasteiger partial charge is 0.462 e. The number of fused-ring (bicyclic) bond motifs is 1. The van der Waals surface area contributed by atoms with Crippen LogP contribution in [0.5, 0.6) is 0 Å². The number of hydrogen-bond donors (Lipinski definition) is 0. The highest BCUT2D eigenvalue weighted by atomic mass is 16.5. The summed E-state index contributed by atoms with van der Waals surface area (Å²) in [4.78, 5) is 25.3. The molecule has 2 fully saturated rings. The third-order valence-electron chi connectivity index (χ3n) is 3.71. The summed E-state index contributed by atoms with van der Waals surface area (Å²) >= 11 is 0. The van der Waals surface area contributed by atoms with Gasteiger partial charge in [0.25, 0.3) is 0 Å². The van der Waals surface area contributed by atoms with E-state index in [0.29, 0.717) is 26.0 Å². The van der Waals surface area contributed by atoms with Crippen molar-refractivity contribution in [3.8, 4) is 0 Å². The average molecular weight is 245 g/mol. The van der Waals surface area contributed by atoms with Crippen molar-refractivity contribution < 1.29 is 14.3 Å². The van der Waals surface area contributed by atoms with Crippen LogP contribution in [0.15, 0.2) is 30.3 Å². The molecule has 0 unspecified atom stereocenters. The number of piperidine rings is 1. The summed E-state index contributed by atoms with van der Waals surface area (Å²) < 4.78 is 5.23. The van der Waals surface area contributed by atoms with E-state index < -0.39 is 0 Å². The second-order valence-electron chi connectivity index (χ2n) is 4.80. The Morgan fingerprint density at radius 3 is 2.67 bits per heavy atom. The molecule has 0 spiro atoms. The van der Waals surface area contributed by atoms with E-state index in [1.165, 1.54) is 0 Å². The van der Waals surface area contributed by atoms with Crippen LogP contribution in [0.2, 0.25) is 0 Å². The lowest BCUT2D eigenvalue weighted by atomic mass is 9.94. The van der Waals surface area contributed by atoms with Crippen LogP contribution in [0.1, 0.15) is 24.4 Å². The Kier molecular flexibility index (Phi) is 2.88. The SMILES string of the molecule is O=C1CCN2[C@@H](C1)C(=O)OC[C@H]2c1ccccc1. The zero-order valence-electron chi connectivity index (χ0n) is 10.0. The summed E-state index contributed by atoms with van der Waals surface area (Å²) in [6.45, 7) is 1.03. The van der Waals surface area contributed by atoms with Crippen molar-refractivity contribution in [1.82, 2.24) is 4.90 Å². The van der Waals surface area contributed by atoms with E-state index in [4.69, 9.17) is 4.74 Å². The van der Waals surface area contributed by atoms with Crippen molar-refractivity contribution in [3.05, 3.63) is 35.9 Å². The van der Waals surface area contributed by atoms with Crippen molar-refractivity contribution in [3.63, 3.8) is 0 Å². The second-order valence-corrected chi connectivity index (χ2v) is 4.80. The first-order valence-electron chi connectivity index (χ1n) is 6.25. The van der Waals surface area contributed by atoms with Gasteiger partial charge >= 0.3 is 5.97 Å². The molecule has 0 saturated carbocycles. The molecule has 0 N–H and O–H groups in total. The van der Waals surface area contributed by atoms with E-state index in [-0.39, 0.29) is 23.8 Å². The number of Topliss-reactive ketones (excluding diaryl/α,β-unsaturated/α-hetero) is 1. The zero-order chi connectivity index (χ0) is 12.5. The Labute approximate surface area is 106 Å².